The highest BCUT2D eigenvalue weighted by Crippen LogP contribution is 2.23. The summed E-state index contributed by atoms with van der Waals surface area (Å²) in [6.07, 6.45) is -0.533. The van der Waals surface area contributed by atoms with E-state index in [1.165, 1.54) is 26.2 Å². The normalized spacial score (nSPS) is 16.8. The maximum Gasteiger partial charge on any atom is 0.309 e. The number of nitrogens with one attached hydrogen (secondary N) is 2. The first-order valence-electron chi connectivity index (χ1n) is 10.3. The van der Waals surface area contributed by atoms with Crippen molar-refractivity contribution in [2.45, 2.75) is 31.0 Å². The minimum Gasteiger partial charge on any atom is -0.497 e. The third kappa shape index (κ3) is 6.06. The van der Waals surface area contributed by atoms with Crippen LogP contribution in [0.4, 0.5) is 4.39 Å². The molecule has 0 saturated carbocycles. The van der Waals surface area contributed by atoms with Crippen molar-refractivity contribution in [1.29, 1.82) is 0 Å². The second kappa shape index (κ2) is 10.7. The molecule has 1 aliphatic heterocycles. The fourth-order valence-corrected chi connectivity index (χ4v) is 4.97. The number of hydrogen-bond donors (Lipinski definition) is 2. The van der Waals surface area contributed by atoms with Gasteiger partial charge in [-0.25, -0.2) is 12.8 Å². The van der Waals surface area contributed by atoms with Crippen LogP contribution in [0.5, 0.6) is 5.75 Å². The van der Waals surface area contributed by atoms with E-state index in [0.717, 1.165) is 15.9 Å². The summed E-state index contributed by atoms with van der Waals surface area (Å²) in [5, 5.41) is 4.92. The van der Waals surface area contributed by atoms with Crippen molar-refractivity contribution in [3.8, 4) is 5.75 Å². The standard InChI is InChI=1S/C22H26FN3O6S/c1-15-11-18(7-8-19(15)23)33(29,30)26-9-4-10-32-20(26)14-25-22(28)21(27)24-13-16-5-3-6-17(12-16)31-2/h3,5-8,11-12,20H,4,9-10,13-14H2,1-2H3,(H,24,27)(H,25,28). The minimum absolute atomic E-state index is 0.0701. The lowest BCUT2D eigenvalue weighted by Crippen LogP contribution is -2.53. The Labute approximate surface area is 191 Å². The molecule has 1 saturated heterocycles. The monoisotopic (exact) mass is 479 g/mol. The molecule has 11 heteroatoms. The van der Waals surface area contributed by atoms with Gasteiger partial charge in [0, 0.05) is 13.1 Å². The topological polar surface area (TPSA) is 114 Å². The van der Waals surface area contributed by atoms with E-state index in [4.69, 9.17) is 9.47 Å². The molecule has 9 nitrogen and oxygen atoms in total. The smallest absolute Gasteiger partial charge is 0.309 e. The molecule has 33 heavy (non-hydrogen) atoms. The van der Waals surface area contributed by atoms with Crippen LogP contribution in [0.2, 0.25) is 0 Å². The summed E-state index contributed by atoms with van der Waals surface area (Å²) in [5.74, 6) is -1.66. The fourth-order valence-electron chi connectivity index (χ4n) is 3.32. The SMILES string of the molecule is COc1cccc(CNC(=O)C(=O)NCC2OCCCN2S(=O)(=O)c2ccc(F)c(C)c2)c1. The van der Waals surface area contributed by atoms with E-state index >= 15 is 0 Å². The molecule has 2 N–H and O–H groups in total. The van der Waals surface area contributed by atoms with Crippen LogP contribution in [0.25, 0.3) is 0 Å². The molecule has 1 unspecified atom stereocenters. The largest absolute Gasteiger partial charge is 0.497 e. The number of carbonyl (C=O) groups excluding carboxylic acids is 2. The zero-order chi connectivity index (χ0) is 24.0. The number of benzene rings is 2. The molecule has 2 aromatic rings. The van der Waals surface area contributed by atoms with Gasteiger partial charge in [0.1, 0.15) is 17.8 Å². The number of carbonyl (C=O) groups is 2. The van der Waals surface area contributed by atoms with Crippen LogP contribution < -0.4 is 15.4 Å². The Hall–Kier alpha value is -3.02. The Morgan fingerprint density at radius 1 is 1.18 bits per heavy atom. The molecule has 0 spiro atoms. The Balaban J connectivity index is 1.60. The number of sulfonamides is 1. The van der Waals surface area contributed by atoms with Crippen molar-refractivity contribution in [3.05, 3.63) is 59.4 Å². The maximum absolute atomic E-state index is 13.6. The van der Waals surface area contributed by atoms with Crippen LogP contribution in [-0.2, 0) is 30.9 Å². The molecule has 0 aromatic heterocycles. The zero-order valence-electron chi connectivity index (χ0n) is 18.3. The number of ether oxygens (including phenoxy) is 2. The average molecular weight is 480 g/mol. The third-order valence-corrected chi connectivity index (χ3v) is 7.01. The van der Waals surface area contributed by atoms with E-state index in [-0.39, 0.29) is 30.1 Å². The molecular weight excluding hydrogens is 453 g/mol. The summed E-state index contributed by atoms with van der Waals surface area (Å²) >= 11 is 0. The van der Waals surface area contributed by atoms with Gasteiger partial charge in [-0.05, 0) is 54.8 Å². The van der Waals surface area contributed by atoms with Crippen molar-refractivity contribution in [3.63, 3.8) is 0 Å². The van der Waals surface area contributed by atoms with Crippen molar-refractivity contribution in [2.75, 3.05) is 26.8 Å². The van der Waals surface area contributed by atoms with E-state index in [1.807, 2.05) is 0 Å². The lowest BCUT2D eigenvalue weighted by atomic mass is 10.2. The molecule has 2 amide bonds. The summed E-state index contributed by atoms with van der Waals surface area (Å²) in [4.78, 5) is 24.3. The second-order valence-electron chi connectivity index (χ2n) is 7.45. The molecule has 3 rings (SSSR count). The van der Waals surface area contributed by atoms with Gasteiger partial charge in [-0.15, -0.1) is 0 Å². The van der Waals surface area contributed by atoms with E-state index in [1.54, 1.807) is 24.3 Å². The first kappa shape index (κ1) is 24.6. The van der Waals surface area contributed by atoms with Gasteiger partial charge < -0.3 is 20.1 Å². The Morgan fingerprint density at radius 3 is 2.67 bits per heavy atom. The van der Waals surface area contributed by atoms with E-state index < -0.39 is 33.9 Å². The van der Waals surface area contributed by atoms with Gasteiger partial charge in [0.15, 0.2) is 0 Å². The van der Waals surface area contributed by atoms with Gasteiger partial charge in [0.05, 0.1) is 25.2 Å². The average Bonchev–Trinajstić information content (AvgIpc) is 2.82. The van der Waals surface area contributed by atoms with Gasteiger partial charge in [-0.1, -0.05) is 12.1 Å². The molecule has 1 fully saturated rings. The molecule has 0 aliphatic carbocycles. The van der Waals surface area contributed by atoms with Gasteiger partial charge in [0.2, 0.25) is 10.0 Å². The Bertz CT molecular complexity index is 1120. The Morgan fingerprint density at radius 2 is 1.94 bits per heavy atom. The molecule has 0 bridgehead atoms. The molecule has 1 aliphatic rings. The number of nitrogens with zero attached hydrogens (tertiary/aromatic N) is 1. The van der Waals surface area contributed by atoms with Crippen LogP contribution in [0.3, 0.4) is 0 Å². The van der Waals surface area contributed by atoms with Crippen molar-refractivity contribution in [1.82, 2.24) is 14.9 Å². The highest BCUT2D eigenvalue weighted by atomic mass is 32.2. The number of aryl methyl sites for hydroxylation is 1. The summed E-state index contributed by atoms with van der Waals surface area (Å²) in [6.45, 7) is 1.85. The molecule has 178 valence electrons. The van der Waals surface area contributed by atoms with Crippen LogP contribution in [0, 0.1) is 12.7 Å². The van der Waals surface area contributed by atoms with Crippen molar-refractivity contribution >= 4 is 21.8 Å². The third-order valence-electron chi connectivity index (χ3n) is 5.12. The molecule has 2 aromatic carbocycles. The summed E-state index contributed by atoms with van der Waals surface area (Å²) in [5.41, 5.74) is 0.949. The number of hydrogen-bond acceptors (Lipinski definition) is 6. The highest BCUT2D eigenvalue weighted by Gasteiger charge is 2.35. The zero-order valence-corrected chi connectivity index (χ0v) is 19.2. The molecule has 1 atom stereocenters. The first-order valence-corrected chi connectivity index (χ1v) is 11.7. The molecule has 0 radical (unpaired) electrons. The number of methoxy groups -OCH3 is 1. The van der Waals surface area contributed by atoms with Crippen molar-refractivity contribution in [2.24, 2.45) is 0 Å². The predicted octanol–water partition coefficient (Wildman–Crippen LogP) is 1.31. The van der Waals surface area contributed by atoms with Gasteiger partial charge >= 0.3 is 11.8 Å². The minimum atomic E-state index is -3.99. The lowest BCUT2D eigenvalue weighted by Gasteiger charge is -2.34. The van der Waals surface area contributed by atoms with Crippen LogP contribution in [-0.4, -0.2) is 57.6 Å². The highest BCUT2D eigenvalue weighted by molar-refractivity contribution is 7.89. The number of rotatable bonds is 7. The van der Waals surface area contributed by atoms with Gasteiger partial charge in [-0.3, -0.25) is 9.59 Å². The predicted molar refractivity (Wildman–Crippen MR) is 117 cm³/mol. The Kier molecular flexibility index (Phi) is 8.01. The number of halogens is 1. The van der Waals surface area contributed by atoms with Crippen LogP contribution in [0.1, 0.15) is 17.5 Å². The van der Waals surface area contributed by atoms with Gasteiger partial charge in [0.25, 0.3) is 0 Å². The lowest BCUT2D eigenvalue weighted by molar-refractivity contribution is -0.140. The van der Waals surface area contributed by atoms with E-state index in [2.05, 4.69) is 10.6 Å². The summed E-state index contributed by atoms with van der Waals surface area (Å²) < 4.78 is 51.5. The van der Waals surface area contributed by atoms with Crippen molar-refractivity contribution < 1.29 is 31.9 Å². The van der Waals surface area contributed by atoms with Gasteiger partial charge in [-0.2, -0.15) is 4.31 Å². The summed E-state index contributed by atoms with van der Waals surface area (Å²) in [7, 11) is -2.47. The fraction of sp³-hybridized carbons (Fsp3) is 0.364. The summed E-state index contributed by atoms with van der Waals surface area (Å²) in [6, 6.07) is 10.6. The van der Waals surface area contributed by atoms with E-state index in [0.29, 0.717) is 18.8 Å². The molecule has 1 heterocycles. The maximum atomic E-state index is 13.6. The molecular formula is C22H26FN3O6S. The van der Waals surface area contributed by atoms with Crippen LogP contribution >= 0.6 is 0 Å². The first-order chi connectivity index (χ1) is 15.7. The quantitative estimate of drug-likeness (QED) is 0.579. The van der Waals surface area contributed by atoms with E-state index in [9.17, 15) is 22.4 Å². The second-order valence-corrected chi connectivity index (χ2v) is 9.34. The van der Waals surface area contributed by atoms with Crippen LogP contribution in [0.15, 0.2) is 47.4 Å². The number of amides is 2.